The average molecular weight is 432 g/mol. The fourth-order valence-electron chi connectivity index (χ4n) is 3.70. The van der Waals surface area contributed by atoms with Crippen molar-refractivity contribution < 1.29 is 19.0 Å². The quantitative estimate of drug-likeness (QED) is 0.601. The summed E-state index contributed by atoms with van der Waals surface area (Å²) in [5, 5.41) is 4.94. The number of ether oxygens (including phenoxy) is 3. The standard InChI is InChI=1S/C20H21N3O4S2/c1-3-23-6-5-11-16(9-23)28-18(17(11)19(24)25-4-2)22-20-21-12-7-13-14(27-10-26-13)8-15(12)29-20/h7-8H,3-6,9-10H2,1-2H3,(H,21,22). The van der Waals surface area contributed by atoms with Crippen LogP contribution in [0.4, 0.5) is 10.1 Å². The molecule has 0 radical (unpaired) electrons. The summed E-state index contributed by atoms with van der Waals surface area (Å²) in [5.74, 6) is 1.19. The number of likely N-dealkylation sites (N-methyl/N-ethyl adjacent to an activating group) is 1. The third kappa shape index (κ3) is 3.33. The van der Waals surface area contributed by atoms with E-state index in [2.05, 4.69) is 22.1 Å². The first-order valence-electron chi connectivity index (χ1n) is 9.67. The molecule has 9 heteroatoms. The highest BCUT2D eigenvalue weighted by molar-refractivity contribution is 7.23. The molecule has 2 aromatic heterocycles. The van der Waals surface area contributed by atoms with Crippen molar-refractivity contribution in [3.05, 3.63) is 28.1 Å². The number of benzene rings is 1. The number of carbonyl (C=O) groups is 1. The van der Waals surface area contributed by atoms with Crippen LogP contribution in [0.5, 0.6) is 11.5 Å². The fourth-order valence-corrected chi connectivity index (χ4v) is 5.92. The second-order valence-electron chi connectivity index (χ2n) is 6.86. The molecule has 3 aromatic rings. The Hall–Kier alpha value is -2.36. The van der Waals surface area contributed by atoms with Gasteiger partial charge < -0.3 is 19.5 Å². The number of thiophene rings is 1. The van der Waals surface area contributed by atoms with Gasteiger partial charge in [-0.25, -0.2) is 9.78 Å². The summed E-state index contributed by atoms with van der Waals surface area (Å²) in [4.78, 5) is 21.0. The molecule has 29 heavy (non-hydrogen) atoms. The summed E-state index contributed by atoms with van der Waals surface area (Å²) in [6.07, 6.45) is 0.858. The van der Waals surface area contributed by atoms with E-state index in [-0.39, 0.29) is 12.8 Å². The van der Waals surface area contributed by atoms with Crippen LogP contribution in [0.25, 0.3) is 10.2 Å². The van der Waals surface area contributed by atoms with Gasteiger partial charge in [0.2, 0.25) is 6.79 Å². The first kappa shape index (κ1) is 18.7. The molecule has 2 aliphatic rings. The van der Waals surface area contributed by atoms with Crippen LogP contribution in [0, 0.1) is 0 Å². The number of fused-ring (bicyclic) bond motifs is 3. The first-order chi connectivity index (χ1) is 14.2. The fraction of sp³-hybridized carbons (Fsp3) is 0.400. The minimum atomic E-state index is -0.265. The Morgan fingerprint density at radius 1 is 1.28 bits per heavy atom. The van der Waals surface area contributed by atoms with Crippen molar-refractivity contribution in [3.8, 4) is 11.5 Å². The van der Waals surface area contributed by atoms with Gasteiger partial charge in [-0.3, -0.25) is 4.90 Å². The summed E-state index contributed by atoms with van der Waals surface area (Å²) in [5.41, 5.74) is 2.62. The zero-order valence-corrected chi connectivity index (χ0v) is 17.9. The molecule has 0 atom stereocenters. The molecule has 152 valence electrons. The molecule has 1 N–H and O–H groups in total. The first-order valence-corrected chi connectivity index (χ1v) is 11.3. The molecule has 0 unspecified atom stereocenters. The number of carbonyl (C=O) groups excluding carboxylic acids is 1. The van der Waals surface area contributed by atoms with Crippen LogP contribution in [-0.2, 0) is 17.7 Å². The lowest BCUT2D eigenvalue weighted by molar-refractivity contribution is 0.0526. The second kappa shape index (κ2) is 7.47. The number of thiazole rings is 1. The minimum absolute atomic E-state index is 0.246. The highest BCUT2D eigenvalue weighted by atomic mass is 32.1. The number of hydrogen-bond donors (Lipinski definition) is 1. The van der Waals surface area contributed by atoms with Gasteiger partial charge in [-0.2, -0.15) is 0 Å². The van der Waals surface area contributed by atoms with E-state index in [1.807, 2.05) is 19.1 Å². The summed E-state index contributed by atoms with van der Waals surface area (Å²) in [7, 11) is 0. The van der Waals surface area contributed by atoms with Crippen molar-refractivity contribution in [2.45, 2.75) is 26.8 Å². The third-order valence-electron chi connectivity index (χ3n) is 5.17. The van der Waals surface area contributed by atoms with Crippen molar-refractivity contribution in [1.82, 2.24) is 9.88 Å². The van der Waals surface area contributed by atoms with Crippen LogP contribution >= 0.6 is 22.7 Å². The Kier molecular flexibility index (Phi) is 4.81. The highest BCUT2D eigenvalue weighted by Gasteiger charge is 2.29. The van der Waals surface area contributed by atoms with E-state index in [1.165, 1.54) is 16.2 Å². The highest BCUT2D eigenvalue weighted by Crippen LogP contribution is 2.42. The van der Waals surface area contributed by atoms with Gasteiger partial charge in [-0.15, -0.1) is 11.3 Å². The molecule has 2 aliphatic heterocycles. The van der Waals surface area contributed by atoms with Gasteiger partial charge in [0, 0.05) is 30.1 Å². The van der Waals surface area contributed by atoms with E-state index < -0.39 is 0 Å². The maximum absolute atomic E-state index is 12.7. The minimum Gasteiger partial charge on any atom is -0.462 e. The maximum Gasteiger partial charge on any atom is 0.341 e. The van der Waals surface area contributed by atoms with Gasteiger partial charge in [0.15, 0.2) is 16.6 Å². The Bertz CT molecular complexity index is 1050. The molecular weight excluding hydrogens is 410 g/mol. The molecule has 5 rings (SSSR count). The Morgan fingerprint density at radius 3 is 2.90 bits per heavy atom. The van der Waals surface area contributed by atoms with Crippen molar-refractivity contribution in [2.24, 2.45) is 0 Å². The van der Waals surface area contributed by atoms with E-state index in [1.54, 1.807) is 11.3 Å². The van der Waals surface area contributed by atoms with Crippen molar-refractivity contribution in [3.63, 3.8) is 0 Å². The van der Waals surface area contributed by atoms with E-state index >= 15 is 0 Å². The zero-order chi connectivity index (χ0) is 20.0. The molecule has 0 spiro atoms. The number of nitrogens with zero attached hydrogens (tertiary/aromatic N) is 2. The molecule has 0 aliphatic carbocycles. The molecule has 7 nitrogen and oxygen atoms in total. The molecule has 0 fully saturated rings. The van der Waals surface area contributed by atoms with Crippen LogP contribution in [0.1, 0.15) is 34.6 Å². The van der Waals surface area contributed by atoms with E-state index in [4.69, 9.17) is 14.2 Å². The zero-order valence-electron chi connectivity index (χ0n) is 16.2. The van der Waals surface area contributed by atoms with Crippen molar-refractivity contribution in [2.75, 3.05) is 31.8 Å². The summed E-state index contributed by atoms with van der Waals surface area (Å²) in [6, 6.07) is 3.84. The Morgan fingerprint density at radius 2 is 2.10 bits per heavy atom. The van der Waals surface area contributed by atoms with Crippen LogP contribution in [-0.4, -0.2) is 42.3 Å². The van der Waals surface area contributed by atoms with Crippen molar-refractivity contribution >= 4 is 49.0 Å². The number of anilines is 2. The topological polar surface area (TPSA) is 72.9 Å². The van der Waals surface area contributed by atoms with Gasteiger partial charge in [0.05, 0.1) is 22.4 Å². The summed E-state index contributed by atoms with van der Waals surface area (Å²) < 4.78 is 17.3. The monoisotopic (exact) mass is 431 g/mol. The average Bonchev–Trinajstić information content (AvgIpc) is 3.41. The molecule has 1 aromatic carbocycles. The van der Waals surface area contributed by atoms with Crippen LogP contribution < -0.4 is 14.8 Å². The SMILES string of the molecule is CCOC(=O)c1c(Nc2nc3cc4c(cc3s2)OCO4)sc2c1CCN(CC)C2. The van der Waals surface area contributed by atoms with Crippen LogP contribution in [0.3, 0.4) is 0 Å². The Balaban J connectivity index is 1.51. The normalized spacial score (nSPS) is 15.5. The number of rotatable bonds is 5. The summed E-state index contributed by atoms with van der Waals surface area (Å²) >= 11 is 3.15. The smallest absolute Gasteiger partial charge is 0.341 e. The molecule has 0 saturated carbocycles. The molecule has 0 amide bonds. The van der Waals surface area contributed by atoms with Crippen molar-refractivity contribution in [1.29, 1.82) is 0 Å². The lowest BCUT2D eigenvalue weighted by Crippen LogP contribution is -2.30. The number of esters is 1. The third-order valence-corrected chi connectivity index (χ3v) is 7.23. The molecule has 0 bridgehead atoms. The Labute approximate surface area is 176 Å². The molecule has 4 heterocycles. The predicted molar refractivity (Wildman–Crippen MR) is 114 cm³/mol. The van der Waals surface area contributed by atoms with Crippen LogP contribution in [0.2, 0.25) is 0 Å². The number of aromatic nitrogens is 1. The summed E-state index contributed by atoms with van der Waals surface area (Å²) in [6.45, 7) is 7.42. The van der Waals surface area contributed by atoms with E-state index in [0.29, 0.717) is 17.9 Å². The predicted octanol–water partition coefficient (Wildman–Crippen LogP) is 4.38. The van der Waals surface area contributed by atoms with E-state index in [9.17, 15) is 4.79 Å². The molecule has 0 saturated heterocycles. The largest absolute Gasteiger partial charge is 0.462 e. The van der Waals surface area contributed by atoms with E-state index in [0.717, 1.165) is 57.7 Å². The van der Waals surface area contributed by atoms with Gasteiger partial charge in [-0.05, 0) is 25.5 Å². The lowest BCUT2D eigenvalue weighted by atomic mass is 10.0. The van der Waals surface area contributed by atoms with Gasteiger partial charge in [0.1, 0.15) is 5.00 Å². The van der Waals surface area contributed by atoms with Gasteiger partial charge in [-0.1, -0.05) is 18.3 Å². The molecular formula is C20H21N3O4S2. The lowest BCUT2D eigenvalue weighted by Gasteiger charge is -2.25. The second-order valence-corrected chi connectivity index (χ2v) is 9.00. The van der Waals surface area contributed by atoms with Gasteiger partial charge >= 0.3 is 5.97 Å². The number of nitrogens with one attached hydrogen (secondary N) is 1. The maximum atomic E-state index is 12.7. The van der Waals surface area contributed by atoms with Gasteiger partial charge in [0.25, 0.3) is 0 Å². The van der Waals surface area contributed by atoms with Crippen LogP contribution in [0.15, 0.2) is 12.1 Å². The number of hydrogen-bond acceptors (Lipinski definition) is 9.